The molecule has 260 valence electrons. The average Bonchev–Trinajstić information content (AvgIpc) is 3.66. The van der Waals surface area contributed by atoms with Gasteiger partial charge in [-0.3, -0.25) is 0 Å². The predicted octanol–water partition coefficient (Wildman–Crippen LogP) is 14.4. The molecule has 0 amide bonds. The summed E-state index contributed by atoms with van der Waals surface area (Å²) >= 11 is 0. The van der Waals surface area contributed by atoms with Crippen LogP contribution in [0, 0.1) is 0 Å². The van der Waals surface area contributed by atoms with Crippen molar-refractivity contribution < 1.29 is 0 Å². The van der Waals surface area contributed by atoms with Crippen molar-refractivity contribution in [3.63, 3.8) is 0 Å². The van der Waals surface area contributed by atoms with E-state index in [4.69, 9.17) is 0 Å². The van der Waals surface area contributed by atoms with Crippen LogP contribution in [-0.2, 0) is 16.2 Å². The van der Waals surface area contributed by atoms with Crippen LogP contribution in [0.2, 0.25) is 0 Å². The maximum Gasteiger partial charge on any atom is 0.0546 e. The first-order chi connectivity index (χ1) is 26.0. The molecule has 54 heavy (non-hydrogen) atoms. The predicted molar refractivity (Wildman–Crippen MR) is 229 cm³/mol. The molecule has 1 heteroatoms. The van der Waals surface area contributed by atoms with Crippen LogP contribution in [0.4, 0.5) is 17.1 Å². The molecular weight excluding hydrogens is 651 g/mol. The second-order valence-corrected chi connectivity index (χ2v) is 17.4. The molecule has 8 aromatic rings. The maximum absolute atomic E-state index is 2.56. The first-order valence-corrected chi connectivity index (χ1v) is 19.4. The molecular formula is C53H43N. The van der Waals surface area contributed by atoms with Gasteiger partial charge in [0.25, 0.3) is 0 Å². The second-order valence-electron chi connectivity index (χ2n) is 17.4. The molecule has 0 fully saturated rings. The van der Waals surface area contributed by atoms with Crippen LogP contribution in [0.25, 0.3) is 54.9 Å². The average molecular weight is 694 g/mol. The summed E-state index contributed by atoms with van der Waals surface area (Å²) in [6.45, 7) is 14.5. The van der Waals surface area contributed by atoms with Crippen molar-refractivity contribution in [2.45, 2.75) is 57.8 Å². The fourth-order valence-corrected chi connectivity index (χ4v) is 10.5. The summed E-state index contributed by atoms with van der Waals surface area (Å²) in [6.07, 6.45) is 0. The van der Waals surface area contributed by atoms with Crippen molar-refractivity contribution in [1.82, 2.24) is 0 Å². The van der Waals surface area contributed by atoms with Crippen LogP contribution in [0.1, 0.15) is 74.9 Å². The van der Waals surface area contributed by atoms with E-state index >= 15 is 0 Å². The van der Waals surface area contributed by atoms with Gasteiger partial charge in [-0.1, -0.05) is 139 Å². The van der Waals surface area contributed by atoms with Gasteiger partial charge in [0.1, 0.15) is 0 Å². The second kappa shape index (κ2) is 10.6. The number of para-hydroxylation sites is 1. The highest BCUT2D eigenvalue weighted by Crippen LogP contribution is 2.59. The van der Waals surface area contributed by atoms with E-state index in [0.29, 0.717) is 0 Å². The van der Waals surface area contributed by atoms with Gasteiger partial charge in [-0.05, 0) is 138 Å². The lowest BCUT2D eigenvalue weighted by Gasteiger charge is -2.29. The van der Waals surface area contributed by atoms with Crippen molar-refractivity contribution in [2.24, 2.45) is 0 Å². The van der Waals surface area contributed by atoms with Crippen LogP contribution in [0.5, 0.6) is 0 Å². The molecule has 0 spiro atoms. The molecule has 0 saturated heterocycles. The Balaban J connectivity index is 1.08. The third kappa shape index (κ3) is 4.05. The van der Waals surface area contributed by atoms with Crippen LogP contribution in [0.15, 0.2) is 152 Å². The third-order valence-corrected chi connectivity index (χ3v) is 13.4. The van der Waals surface area contributed by atoms with Crippen LogP contribution >= 0.6 is 0 Å². The zero-order valence-corrected chi connectivity index (χ0v) is 31.9. The lowest BCUT2D eigenvalue weighted by molar-refractivity contribution is 0.649. The lowest BCUT2D eigenvalue weighted by atomic mass is 9.78. The van der Waals surface area contributed by atoms with Crippen molar-refractivity contribution in [3.05, 3.63) is 185 Å². The summed E-state index contributed by atoms with van der Waals surface area (Å²) in [5, 5.41) is 5.05. The molecule has 0 N–H and O–H groups in total. The fourth-order valence-electron chi connectivity index (χ4n) is 10.5. The van der Waals surface area contributed by atoms with Gasteiger partial charge in [0.2, 0.25) is 0 Å². The third-order valence-electron chi connectivity index (χ3n) is 13.4. The van der Waals surface area contributed by atoms with Gasteiger partial charge in [0.05, 0.1) is 5.69 Å². The summed E-state index contributed by atoms with van der Waals surface area (Å²) < 4.78 is 0. The first kappa shape index (κ1) is 31.6. The monoisotopic (exact) mass is 693 g/mol. The summed E-state index contributed by atoms with van der Waals surface area (Å²) in [6, 6.07) is 57.3. The zero-order chi connectivity index (χ0) is 36.7. The van der Waals surface area contributed by atoms with E-state index in [0.717, 1.165) is 5.69 Å². The Labute approximate surface area is 318 Å². The molecule has 8 aromatic carbocycles. The summed E-state index contributed by atoms with van der Waals surface area (Å²) in [5.41, 5.74) is 20.1. The number of nitrogens with zero attached hydrogens (tertiary/aromatic N) is 1. The highest BCUT2D eigenvalue weighted by atomic mass is 15.1. The molecule has 0 aliphatic heterocycles. The smallest absolute Gasteiger partial charge is 0.0546 e. The van der Waals surface area contributed by atoms with E-state index < -0.39 is 0 Å². The molecule has 0 atom stereocenters. The molecule has 1 nitrogen and oxygen atoms in total. The van der Waals surface area contributed by atoms with E-state index in [2.05, 4.69) is 198 Å². The Bertz CT molecular complexity index is 2900. The molecule has 0 unspecified atom stereocenters. The van der Waals surface area contributed by atoms with Crippen molar-refractivity contribution in [1.29, 1.82) is 0 Å². The highest BCUT2D eigenvalue weighted by Gasteiger charge is 2.44. The number of anilines is 3. The van der Waals surface area contributed by atoms with Gasteiger partial charge in [-0.2, -0.15) is 0 Å². The summed E-state index contributed by atoms with van der Waals surface area (Å²) in [7, 11) is 0. The highest BCUT2D eigenvalue weighted by molar-refractivity contribution is 6.14. The van der Waals surface area contributed by atoms with E-state index in [1.165, 1.54) is 99.7 Å². The summed E-state index contributed by atoms with van der Waals surface area (Å²) in [4.78, 5) is 2.47. The zero-order valence-electron chi connectivity index (χ0n) is 31.9. The van der Waals surface area contributed by atoms with Crippen LogP contribution < -0.4 is 4.90 Å². The molecule has 11 rings (SSSR count). The minimum Gasteiger partial charge on any atom is -0.310 e. The van der Waals surface area contributed by atoms with Crippen LogP contribution in [0.3, 0.4) is 0 Å². The molecule has 0 saturated carbocycles. The van der Waals surface area contributed by atoms with Crippen molar-refractivity contribution in [2.75, 3.05) is 4.90 Å². The van der Waals surface area contributed by atoms with Gasteiger partial charge in [0.15, 0.2) is 0 Å². The van der Waals surface area contributed by atoms with Crippen molar-refractivity contribution >= 4 is 38.6 Å². The summed E-state index contributed by atoms with van der Waals surface area (Å²) in [5.74, 6) is 0. The first-order valence-electron chi connectivity index (χ1n) is 19.4. The van der Waals surface area contributed by atoms with Gasteiger partial charge >= 0.3 is 0 Å². The molecule has 0 bridgehead atoms. The molecule has 3 aliphatic carbocycles. The van der Waals surface area contributed by atoms with E-state index in [9.17, 15) is 0 Å². The fraction of sp³-hybridized carbons (Fsp3) is 0.170. The number of fused-ring (bicyclic) bond motifs is 12. The Morgan fingerprint density at radius 1 is 0.315 bits per heavy atom. The van der Waals surface area contributed by atoms with E-state index in [1.54, 1.807) is 0 Å². The van der Waals surface area contributed by atoms with E-state index in [-0.39, 0.29) is 16.2 Å². The number of hydrogen-bond donors (Lipinski definition) is 0. The largest absolute Gasteiger partial charge is 0.310 e. The van der Waals surface area contributed by atoms with Gasteiger partial charge in [0, 0.05) is 33.0 Å². The number of benzene rings is 8. The Kier molecular flexibility index (Phi) is 6.21. The van der Waals surface area contributed by atoms with Crippen molar-refractivity contribution in [3.8, 4) is 33.4 Å². The molecule has 0 radical (unpaired) electrons. The quantitative estimate of drug-likeness (QED) is 0.167. The molecule has 0 aromatic heterocycles. The standard InChI is InChI=1S/C53H43N/c1-51(2)44-23-15-14-21-37(44)40-28-48-42(30-46(40)51)43-31-47-41(29-49(43)53(48,5)6)38-25-24-34(27-45(38)52(47,3)4)54(33-17-8-7-9-18-33)50-26-32-16-10-11-19-35(32)36-20-12-13-22-39(36)50/h7-31H,1-6H3. The molecule has 3 aliphatic rings. The number of rotatable bonds is 3. The Morgan fingerprint density at radius 2 is 0.778 bits per heavy atom. The SMILES string of the molecule is CC1(C)c2ccccc2-c2cc3c(cc21)-c1cc2c(cc1C3(C)C)-c1ccc(N(c3ccccc3)c3cc4ccccc4c4ccccc34)cc1C2(C)C. The Hall–Kier alpha value is -5.92. The van der Waals surface area contributed by atoms with Gasteiger partial charge in [-0.15, -0.1) is 0 Å². The normalized spacial score (nSPS) is 16.0. The lowest BCUT2D eigenvalue weighted by Crippen LogP contribution is -2.18. The molecule has 0 heterocycles. The topological polar surface area (TPSA) is 3.24 Å². The minimum absolute atomic E-state index is 0.0303. The maximum atomic E-state index is 2.56. The van der Waals surface area contributed by atoms with Crippen LogP contribution in [-0.4, -0.2) is 0 Å². The van der Waals surface area contributed by atoms with Gasteiger partial charge < -0.3 is 4.90 Å². The number of hydrogen-bond acceptors (Lipinski definition) is 1. The van der Waals surface area contributed by atoms with E-state index in [1.807, 2.05) is 0 Å². The van der Waals surface area contributed by atoms with Gasteiger partial charge in [-0.25, -0.2) is 0 Å². The Morgan fingerprint density at radius 3 is 1.43 bits per heavy atom. The minimum atomic E-state index is -0.178.